The summed E-state index contributed by atoms with van der Waals surface area (Å²) in [4.78, 5) is 20.7. The molecule has 5 heteroatoms. The van der Waals surface area contributed by atoms with E-state index < -0.39 is 0 Å². The van der Waals surface area contributed by atoms with Crippen LogP contribution >= 0.6 is 0 Å². The SMILES string of the molecule is O=C(Cc1ccc(-n2ccnc2-c2ccccn2)cc1)NC1CC1. The lowest BCUT2D eigenvalue weighted by atomic mass is 10.1. The lowest BCUT2D eigenvalue weighted by molar-refractivity contribution is -0.120. The minimum absolute atomic E-state index is 0.0991. The Balaban J connectivity index is 1.53. The van der Waals surface area contributed by atoms with Gasteiger partial charge >= 0.3 is 0 Å². The van der Waals surface area contributed by atoms with Gasteiger partial charge in [-0.2, -0.15) is 0 Å². The Bertz CT molecular complexity index is 835. The standard InChI is InChI=1S/C19H18N4O/c24-18(22-15-6-7-15)13-14-4-8-16(9-5-14)23-12-11-21-19(23)17-3-1-2-10-20-17/h1-5,8-12,15H,6-7,13H2,(H,22,24). The lowest BCUT2D eigenvalue weighted by Gasteiger charge is -2.09. The fourth-order valence-corrected chi connectivity index (χ4v) is 2.66. The molecule has 1 aromatic carbocycles. The third kappa shape index (κ3) is 3.20. The van der Waals surface area contributed by atoms with E-state index in [9.17, 15) is 4.79 Å². The second-order valence-corrected chi connectivity index (χ2v) is 6.02. The van der Waals surface area contributed by atoms with Crippen LogP contribution in [0, 0.1) is 0 Å². The third-order valence-corrected chi connectivity index (χ3v) is 4.06. The number of pyridine rings is 1. The summed E-state index contributed by atoms with van der Waals surface area (Å²) in [6.45, 7) is 0. The molecule has 0 saturated heterocycles. The van der Waals surface area contributed by atoms with Crippen LogP contribution in [0.5, 0.6) is 0 Å². The Morgan fingerprint density at radius 3 is 2.62 bits per heavy atom. The molecule has 3 aromatic rings. The topological polar surface area (TPSA) is 59.8 Å². The zero-order valence-corrected chi connectivity index (χ0v) is 13.2. The van der Waals surface area contributed by atoms with Crippen molar-refractivity contribution in [3.05, 3.63) is 66.6 Å². The number of nitrogens with one attached hydrogen (secondary N) is 1. The summed E-state index contributed by atoms with van der Waals surface area (Å²) in [6.07, 6.45) is 8.09. The van der Waals surface area contributed by atoms with Gasteiger partial charge in [-0.25, -0.2) is 4.98 Å². The molecule has 1 N–H and O–H groups in total. The van der Waals surface area contributed by atoms with Crippen molar-refractivity contribution in [2.24, 2.45) is 0 Å². The van der Waals surface area contributed by atoms with E-state index >= 15 is 0 Å². The molecule has 1 fully saturated rings. The fourth-order valence-electron chi connectivity index (χ4n) is 2.66. The van der Waals surface area contributed by atoms with Crippen molar-refractivity contribution in [2.75, 3.05) is 0 Å². The third-order valence-electron chi connectivity index (χ3n) is 4.06. The summed E-state index contributed by atoms with van der Waals surface area (Å²) in [5.41, 5.74) is 2.84. The first-order valence-electron chi connectivity index (χ1n) is 8.13. The van der Waals surface area contributed by atoms with Gasteiger partial charge in [-0.1, -0.05) is 18.2 Å². The highest BCUT2D eigenvalue weighted by Gasteiger charge is 2.23. The Labute approximate surface area is 140 Å². The van der Waals surface area contributed by atoms with Gasteiger partial charge in [0.15, 0.2) is 5.82 Å². The largest absolute Gasteiger partial charge is 0.353 e. The summed E-state index contributed by atoms with van der Waals surface area (Å²) < 4.78 is 2.00. The number of carbonyl (C=O) groups excluding carboxylic acids is 1. The van der Waals surface area contributed by atoms with Crippen molar-refractivity contribution in [1.29, 1.82) is 0 Å². The van der Waals surface area contributed by atoms with Crippen molar-refractivity contribution in [3.8, 4) is 17.2 Å². The molecular formula is C19H18N4O. The van der Waals surface area contributed by atoms with E-state index in [4.69, 9.17) is 0 Å². The predicted molar refractivity (Wildman–Crippen MR) is 91.7 cm³/mol. The number of nitrogens with zero attached hydrogens (tertiary/aromatic N) is 3. The fraction of sp³-hybridized carbons (Fsp3) is 0.211. The minimum Gasteiger partial charge on any atom is -0.353 e. The first-order chi connectivity index (χ1) is 11.8. The molecule has 1 aliphatic rings. The first-order valence-corrected chi connectivity index (χ1v) is 8.13. The highest BCUT2D eigenvalue weighted by molar-refractivity contribution is 5.79. The van der Waals surface area contributed by atoms with E-state index in [0.29, 0.717) is 12.5 Å². The Hall–Kier alpha value is -2.95. The number of benzene rings is 1. The molecule has 4 rings (SSSR count). The zero-order valence-electron chi connectivity index (χ0n) is 13.2. The molecule has 1 amide bonds. The molecule has 24 heavy (non-hydrogen) atoms. The quantitative estimate of drug-likeness (QED) is 0.787. The highest BCUT2D eigenvalue weighted by atomic mass is 16.1. The number of hydrogen-bond acceptors (Lipinski definition) is 3. The van der Waals surface area contributed by atoms with Gasteiger partial charge in [0.05, 0.1) is 6.42 Å². The highest BCUT2D eigenvalue weighted by Crippen LogP contribution is 2.21. The first kappa shape index (κ1) is 14.6. The molecule has 0 spiro atoms. The van der Waals surface area contributed by atoms with E-state index in [1.807, 2.05) is 53.2 Å². The molecule has 0 unspecified atom stereocenters. The van der Waals surface area contributed by atoms with Gasteiger partial charge < -0.3 is 5.32 Å². The van der Waals surface area contributed by atoms with Gasteiger partial charge in [-0.05, 0) is 42.7 Å². The van der Waals surface area contributed by atoms with E-state index in [2.05, 4.69) is 15.3 Å². The summed E-state index contributed by atoms with van der Waals surface area (Å²) in [6, 6.07) is 14.2. The van der Waals surface area contributed by atoms with E-state index in [-0.39, 0.29) is 5.91 Å². The van der Waals surface area contributed by atoms with Crippen LogP contribution < -0.4 is 5.32 Å². The molecule has 120 valence electrons. The van der Waals surface area contributed by atoms with Gasteiger partial charge in [-0.3, -0.25) is 14.3 Å². The van der Waals surface area contributed by atoms with Gasteiger partial charge in [0.25, 0.3) is 0 Å². The van der Waals surface area contributed by atoms with Crippen molar-refractivity contribution >= 4 is 5.91 Å². The molecule has 5 nitrogen and oxygen atoms in total. The van der Waals surface area contributed by atoms with Gasteiger partial charge in [0.2, 0.25) is 5.91 Å². The van der Waals surface area contributed by atoms with Gasteiger partial charge in [0.1, 0.15) is 5.69 Å². The maximum Gasteiger partial charge on any atom is 0.224 e. The smallest absolute Gasteiger partial charge is 0.224 e. The second-order valence-electron chi connectivity index (χ2n) is 6.02. The summed E-state index contributed by atoms with van der Waals surface area (Å²) >= 11 is 0. The van der Waals surface area contributed by atoms with E-state index in [0.717, 1.165) is 35.6 Å². The van der Waals surface area contributed by atoms with Gasteiger partial charge in [-0.15, -0.1) is 0 Å². The molecular weight excluding hydrogens is 300 g/mol. The maximum absolute atomic E-state index is 11.9. The van der Waals surface area contributed by atoms with Crippen LogP contribution in [0.3, 0.4) is 0 Å². The number of rotatable bonds is 5. The van der Waals surface area contributed by atoms with Gasteiger partial charge in [0, 0.05) is 30.3 Å². The molecule has 2 heterocycles. The normalized spacial score (nSPS) is 13.7. The van der Waals surface area contributed by atoms with E-state index in [1.54, 1.807) is 12.4 Å². The number of carbonyl (C=O) groups is 1. The molecule has 0 aliphatic heterocycles. The summed E-state index contributed by atoms with van der Waals surface area (Å²) in [7, 11) is 0. The monoisotopic (exact) mass is 318 g/mol. The Morgan fingerprint density at radius 2 is 1.92 bits per heavy atom. The number of amides is 1. The zero-order chi connectivity index (χ0) is 16.4. The predicted octanol–water partition coefficient (Wildman–Crippen LogP) is 2.76. The Kier molecular flexibility index (Phi) is 3.83. The van der Waals surface area contributed by atoms with Crippen LogP contribution in [0.25, 0.3) is 17.2 Å². The molecule has 2 aromatic heterocycles. The molecule has 0 atom stereocenters. The van der Waals surface area contributed by atoms with Crippen molar-refractivity contribution in [1.82, 2.24) is 19.9 Å². The molecule has 1 saturated carbocycles. The van der Waals surface area contributed by atoms with Crippen molar-refractivity contribution in [3.63, 3.8) is 0 Å². The summed E-state index contributed by atoms with van der Waals surface area (Å²) in [5.74, 6) is 0.900. The number of hydrogen-bond donors (Lipinski definition) is 1. The molecule has 0 radical (unpaired) electrons. The summed E-state index contributed by atoms with van der Waals surface area (Å²) in [5, 5.41) is 3.01. The number of imidazole rings is 1. The van der Waals surface area contributed by atoms with Crippen LogP contribution in [0.4, 0.5) is 0 Å². The molecule has 0 bridgehead atoms. The van der Waals surface area contributed by atoms with Crippen LogP contribution in [0.1, 0.15) is 18.4 Å². The lowest BCUT2D eigenvalue weighted by Crippen LogP contribution is -2.26. The average molecular weight is 318 g/mol. The van der Waals surface area contributed by atoms with Crippen LogP contribution in [-0.2, 0) is 11.2 Å². The Morgan fingerprint density at radius 1 is 1.08 bits per heavy atom. The maximum atomic E-state index is 11.9. The molecule has 1 aliphatic carbocycles. The van der Waals surface area contributed by atoms with Crippen molar-refractivity contribution < 1.29 is 4.79 Å². The van der Waals surface area contributed by atoms with Crippen LogP contribution in [0.2, 0.25) is 0 Å². The number of aromatic nitrogens is 3. The second kappa shape index (κ2) is 6.28. The van der Waals surface area contributed by atoms with Crippen LogP contribution in [0.15, 0.2) is 61.1 Å². The van der Waals surface area contributed by atoms with E-state index in [1.165, 1.54) is 0 Å². The van der Waals surface area contributed by atoms with Crippen molar-refractivity contribution in [2.45, 2.75) is 25.3 Å². The van der Waals surface area contributed by atoms with Crippen LogP contribution in [-0.4, -0.2) is 26.5 Å². The minimum atomic E-state index is 0.0991. The average Bonchev–Trinajstić information content (AvgIpc) is 3.28.